The molecule has 2 atom stereocenters. The van der Waals surface area contributed by atoms with Crippen molar-refractivity contribution in [3.8, 4) is 0 Å². The van der Waals surface area contributed by atoms with Crippen LogP contribution in [0.15, 0.2) is 0 Å². The minimum Gasteiger partial charge on any atom is -0.312 e. The zero-order valence-corrected chi connectivity index (χ0v) is 13.0. The van der Waals surface area contributed by atoms with Crippen LogP contribution in [0, 0.1) is 5.92 Å². The van der Waals surface area contributed by atoms with Gasteiger partial charge in [-0.3, -0.25) is 0 Å². The maximum atomic E-state index is 3.82. The molecule has 106 valence electrons. The van der Waals surface area contributed by atoms with E-state index in [1.165, 1.54) is 64.7 Å². The molecule has 0 spiro atoms. The maximum Gasteiger partial charge on any atom is 0.0223 e. The van der Waals surface area contributed by atoms with Gasteiger partial charge in [0.05, 0.1) is 0 Å². The van der Waals surface area contributed by atoms with Gasteiger partial charge in [-0.05, 0) is 44.5 Å². The fourth-order valence-corrected chi connectivity index (χ4v) is 3.84. The van der Waals surface area contributed by atoms with Gasteiger partial charge in [0.2, 0.25) is 0 Å². The Kier molecular flexibility index (Phi) is 6.33. The summed E-state index contributed by atoms with van der Waals surface area (Å²) in [6.45, 7) is 7.44. The first-order valence-electron chi connectivity index (χ1n) is 7.78. The molecule has 1 heterocycles. The van der Waals surface area contributed by atoms with E-state index in [9.17, 15) is 0 Å². The average Bonchev–Trinajstić information content (AvgIpc) is 2.65. The topological polar surface area (TPSA) is 15.3 Å². The van der Waals surface area contributed by atoms with Crippen LogP contribution in [0.2, 0.25) is 0 Å². The molecule has 3 heteroatoms. The molecule has 0 bridgehead atoms. The summed E-state index contributed by atoms with van der Waals surface area (Å²) in [4.78, 5) is 2.71. The van der Waals surface area contributed by atoms with Crippen LogP contribution in [0.1, 0.15) is 45.4 Å². The zero-order valence-electron chi connectivity index (χ0n) is 12.2. The quantitative estimate of drug-likeness (QED) is 0.845. The van der Waals surface area contributed by atoms with Gasteiger partial charge in [-0.15, -0.1) is 0 Å². The Hall–Kier alpha value is 0.270. The normalized spacial score (nSPS) is 30.0. The van der Waals surface area contributed by atoms with Gasteiger partial charge in [0.15, 0.2) is 0 Å². The van der Waals surface area contributed by atoms with Gasteiger partial charge >= 0.3 is 0 Å². The monoisotopic (exact) mass is 270 g/mol. The van der Waals surface area contributed by atoms with Crippen molar-refractivity contribution in [3.63, 3.8) is 0 Å². The van der Waals surface area contributed by atoms with E-state index in [2.05, 4.69) is 23.4 Å². The Morgan fingerprint density at radius 1 is 1.22 bits per heavy atom. The number of hydrogen-bond acceptors (Lipinski definition) is 3. The second-order valence-corrected chi connectivity index (χ2v) is 7.39. The molecule has 2 nitrogen and oxygen atoms in total. The number of thioether (sulfide) groups is 1. The molecule has 2 aliphatic rings. The molecular weight excluding hydrogens is 240 g/mol. The fraction of sp³-hybridized carbons (Fsp3) is 1.00. The predicted molar refractivity (Wildman–Crippen MR) is 82.4 cm³/mol. The van der Waals surface area contributed by atoms with Crippen LogP contribution in [0.4, 0.5) is 0 Å². The fourth-order valence-electron chi connectivity index (χ4n) is 3.48. The highest BCUT2D eigenvalue weighted by molar-refractivity contribution is 7.99. The second-order valence-electron chi connectivity index (χ2n) is 6.12. The molecule has 0 radical (unpaired) electrons. The number of nitrogens with one attached hydrogen (secondary N) is 1. The third-order valence-electron chi connectivity index (χ3n) is 4.65. The van der Waals surface area contributed by atoms with Gasteiger partial charge in [-0.1, -0.05) is 26.2 Å². The lowest BCUT2D eigenvalue weighted by molar-refractivity contribution is 0.208. The minimum atomic E-state index is 0.766. The van der Waals surface area contributed by atoms with Crippen LogP contribution in [0.5, 0.6) is 0 Å². The first-order valence-corrected chi connectivity index (χ1v) is 9.07. The minimum absolute atomic E-state index is 0.766. The van der Waals surface area contributed by atoms with Crippen molar-refractivity contribution in [2.24, 2.45) is 5.92 Å². The molecule has 1 aliphatic heterocycles. The summed E-state index contributed by atoms with van der Waals surface area (Å²) in [5, 5.41) is 4.60. The Morgan fingerprint density at radius 2 is 2.00 bits per heavy atom. The van der Waals surface area contributed by atoms with E-state index in [4.69, 9.17) is 0 Å². The van der Waals surface area contributed by atoms with Gasteiger partial charge in [0.1, 0.15) is 0 Å². The average molecular weight is 270 g/mol. The van der Waals surface area contributed by atoms with Crippen LogP contribution in [-0.2, 0) is 0 Å². The van der Waals surface area contributed by atoms with E-state index in [1.54, 1.807) is 0 Å². The van der Waals surface area contributed by atoms with Crippen LogP contribution in [0.3, 0.4) is 0 Å². The van der Waals surface area contributed by atoms with Crippen LogP contribution in [0.25, 0.3) is 0 Å². The molecule has 2 rings (SSSR count). The van der Waals surface area contributed by atoms with Gasteiger partial charge in [-0.2, -0.15) is 11.8 Å². The summed E-state index contributed by atoms with van der Waals surface area (Å²) >= 11 is 2.00. The Bertz CT molecular complexity index is 229. The Balaban J connectivity index is 1.85. The van der Waals surface area contributed by atoms with Crippen molar-refractivity contribution in [2.75, 3.05) is 32.4 Å². The van der Waals surface area contributed by atoms with Gasteiger partial charge < -0.3 is 10.2 Å². The lowest BCUT2D eigenvalue weighted by Crippen LogP contribution is -2.44. The van der Waals surface area contributed by atoms with E-state index in [-0.39, 0.29) is 0 Å². The van der Waals surface area contributed by atoms with Crippen molar-refractivity contribution in [1.29, 1.82) is 0 Å². The molecule has 18 heavy (non-hydrogen) atoms. The molecule has 0 aromatic heterocycles. The van der Waals surface area contributed by atoms with E-state index in [0.29, 0.717) is 0 Å². The molecule has 1 saturated heterocycles. The van der Waals surface area contributed by atoms with Crippen molar-refractivity contribution >= 4 is 11.8 Å². The maximum absolute atomic E-state index is 3.82. The first kappa shape index (κ1) is 14.7. The zero-order chi connectivity index (χ0) is 12.8. The van der Waals surface area contributed by atoms with Crippen molar-refractivity contribution in [3.05, 3.63) is 0 Å². The molecule has 0 aromatic rings. The van der Waals surface area contributed by atoms with Crippen LogP contribution >= 0.6 is 11.8 Å². The smallest absolute Gasteiger partial charge is 0.0223 e. The molecule has 2 unspecified atom stereocenters. The largest absolute Gasteiger partial charge is 0.312 e. The summed E-state index contributed by atoms with van der Waals surface area (Å²) in [5.41, 5.74) is 0. The molecule has 1 saturated carbocycles. The van der Waals surface area contributed by atoms with E-state index < -0.39 is 0 Å². The molecule has 1 aliphatic carbocycles. The Morgan fingerprint density at radius 3 is 2.72 bits per heavy atom. The molecule has 1 N–H and O–H groups in total. The summed E-state index contributed by atoms with van der Waals surface area (Å²) in [5.74, 6) is 0.948. The summed E-state index contributed by atoms with van der Waals surface area (Å²) in [7, 11) is 0. The summed E-state index contributed by atoms with van der Waals surface area (Å²) < 4.78 is 0. The Labute approximate surface area is 117 Å². The van der Waals surface area contributed by atoms with E-state index >= 15 is 0 Å². The number of rotatable bonds is 4. The number of nitrogens with zero attached hydrogens (tertiary/aromatic N) is 1. The number of hydrogen-bond donors (Lipinski definition) is 1. The molecule has 0 aromatic carbocycles. The lowest BCUT2D eigenvalue weighted by Gasteiger charge is -2.33. The molecule has 2 fully saturated rings. The van der Waals surface area contributed by atoms with Crippen LogP contribution < -0.4 is 5.32 Å². The highest BCUT2D eigenvalue weighted by Crippen LogP contribution is 2.27. The highest BCUT2D eigenvalue weighted by atomic mass is 32.2. The van der Waals surface area contributed by atoms with Crippen molar-refractivity contribution < 1.29 is 0 Å². The van der Waals surface area contributed by atoms with Crippen molar-refractivity contribution in [1.82, 2.24) is 10.2 Å². The first-order chi connectivity index (χ1) is 8.79. The highest BCUT2D eigenvalue weighted by Gasteiger charge is 2.27. The predicted octanol–water partition coefficient (Wildman–Crippen LogP) is 2.98. The van der Waals surface area contributed by atoms with E-state index in [0.717, 1.165) is 17.2 Å². The summed E-state index contributed by atoms with van der Waals surface area (Å²) in [6, 6.07) is 0.766. The SMILES string of the molecule is CSC(C)CN1CCCNC(C2CCCCC2)C1. The van der Waals surface area contributed by atoms with E-state index in [1.807, 2.05) is 11.8 Å². The van der Waals surface area contributed by atoms with Gasteiger partial charge in [0, 0.05) is 24.4 Å². The lowest BCUT2D eigenvalue weighted by atomic mass is 9.83. The third-order valence-corrected chi connectivity index (χ3v) is 5.60. The summed E-state index contributed by atoms with van der Waals surface area (Å²) in [6.07, 6.45) is 10.9. The standard InChI is InChI=1S/C15H30N2S/c1-13(18-2)11-17-10-6-9-16-15(12-17)14-7-4-3-5-8-14/h13-16H,3-12H2,1-2H3. The third kappa shape index (κ3) is 4.43. The van der Waals surface area contributed by atoms with Crippen LogP contribution in [-0.4, -0.2) is 48.6 Å². The molecule has 0 amide bonds. The van der Waals surface area contributed by atoms with Crippen molar-refractivity contribution in [2.45, 2.75) is 56.7 Å². The van der Waals surface area contributed by atoms with Gasteiger partial charge in [-0.25, -0.2) is 0 Å². The van der Waals surface area contributed by atoms with Gasteiger partial charge in [0.25, 0.3) is 0 Å². The second kappa shape index (κ2) is 7.76. The molecular formula is C15H30N2S.